The molecular weight excluding hydrogens is 430 g/mol. The Morgan fingerprint density at radius 2 is 1.82 bits per heavy atom. The molecule has 2 atom stereocenters. The molecule has 2 unspecified atom stereocenters. The fourth-order valence-electron chi connectivity index (χ4n) is 4.47. The van der Waals surface area contributed by atoms with Gasteiger partial charge in [-0.25, -0.2) is 0 Å². The van der Waals surface area contributed by atoms with E-state index in [-0.39, 0.29) is 17.7 Å². The Kier molecular flexibility index (Phi) is 7.11. The minimum atomic E-state index is -0.447. The van der Waals surface area contributed by atoms with Crippen molar-refractivity contribution >= 4 is 11.8 Å². The number of hydrogen-bond donors (Lipinski definition) is 1. The van der Waals surface area contributed by atoms with Gasteiger partial charge in [-0.15, -0.1) is 0 Å². The minimum absolute atomic E-state index is 0.0787. The molecular formula is C27H29N3O4. The fraction of sp³-hybridized carbons (Fsp3) is 0.296. The highest BCUT2D eigenvalue weighted by molar-refractivity contribution is 5.96. The number of benzene rings is 2. The molecule has 4 rings (SSSR count). The molecule has 0 bridgehead atoms. The summed E-state index contributed by atoms with van der Waals surface area (Å²) in [6, 6.07) is 18.7. The lowest BCUT2D eigenvalue weighted by Crippen LogP contribution is -2.35. The van der Waals surface area contributed by atoms with E-state index in [0.29, 0.717) is 36.7 Å². The Bertz CT molecular complexity index is 1170. The molecule has 1 aliphatic rings. The molecule has 176 valence electrons. The van der Waals surface area contributed by atoms with Crippen LogP contribution in [0.2, 0.25) is 0 Å². The second-order valence-electron chi connectivity index (χ2n) is 8.38. The maximum Gasteiger partial charge on any atom is 0.254 e. The summed E-state index contributed by atoms with van der Waals surface area (Å²) in [5, 5.41) is 3.01. The molecule has 7 heteroatoms. The molecule has 34 heavy (non-hydrogen) atoms. The van der Waals surface area contributed by atoms with Crippen molar-refractivity contribution in [2.45, 2.75) is 19.4 Å². The Morgan fingerprint density at radius 1 is 1.03 bits per heavy atom. The minimum Gasteiger partial charge on any atom is -0.497 e. The third-order valence-electron chi connectivity index (χ3n) is 6.33. The summed E-state index contributed by atoms with van der Waals surface area (Å²) in [5.41, 5.74) is 3.18. The number of methoxy groups -OCH3 is 2. The Hall–Kier alpha value is -3.87. The van der Waals surface area contributed by atoms with E-state index in [1.807, 2.05) is 67.6 Å². The first-order valence-corrected chi connectivity index (χ1v) is 11.3. The largest absolute Gasteiger partial charge is 0.497 e. The number of rotatable bonds is 7. The molecule has 2 aromatic carbocycles. The van der Waals surface area contributed by atoms with Gasteiger partial charge in [0.15, 0.2) is 0 Å². The van der Waals surface area contributed by atoms with E-state index >= 15 is 0 Å². The van der Waals surface area contributed by atoms with E-state index in [2.05, 4.69) is 10.3 Å². The first-order valence-electron chi connectivity index (χ1n) is 11.3. The molecule has 0 spiro atoms. The van der Waals surface area contributed by atoms with Crippen molar-refractivity contribution in [2.24, 2.45) is 5.92 Å². The monoisotopic (exact) mass is 459 g/mol. The van der Waals surface area contributed by atoms with Crippen LogP contribution in [0.1, 0.15) is 33.1 Å². The molecule has 7 nitrogen and oxygen atoms in total. The van der Waals surface area contributed by atoms with E-state index in [1.165, 1.54) is 0 Å². The highest BCUT2D eigenvalue weighted by Crippen LogP contribution is 2.40. The number of carbonyl (C=O) groups is 2. The third kappa shape index (κ3) is 4.88. The molecule has 2 heterocycles. The van der Waals surface area contributed by atoms with Gasteiger partial charge in [0.25, 0.3) is 5.91 Å². The first-order chi connectivity index (χ1) is 16.5. The van der Waals surface area contributed by atoms with Crippen LogP contribution < -0.4 is 14.8 Å². The van der Waals surface area contributed by atoms with Crippen LogP contribution in [0.3, 0.4) is 0 Å². The number of nitrogens with zero attached hydrogens (tertiary/aromatic N) is 2. The number of likely N-dealkylation sites (tertiary alicyclic amines) is 1. The topological polar surface area (TPSA) is 80.8 Å². The van der Waals surface area contributed by atoms with Gasteiger partial charge in [-0.3, -0.25) is 14.6 Å². The number of pyridine rings is 1. The van der Waals surface area contributed by atoms with Crippen molar-refractivity contribution < 1.29 is 19.1 Å². The van der Waals surface area contributed by atoms with Crippen molar-refractivity contribution in [3.8, 4) is 11.5 Å². The van der Waals surface area contributed by atoms with Crippen molar-refractivity contribution in [2.75, 3.05) is 27.3 Å². The number of nitrogens with one attached hydrogen (secondary N) is 1. The van der Waals surface area contributed by atoms with Gasteiger partial charge in [-0.2, -0.15) is 0 Å². The molecule has 1 aliphatic heterocycles. The van der Waals surface area contributed by atoms with Gasteiger partial charge in [0.1, 0.15) is 11.5 Å². The zero-order valence-corrected chi connectivity index (χ0v) is 19.7. The van der Waals surface area contributed by atoms with E-state index in [0.717, 1.165) is 16.8 Å². The summed E-state index contributed by atoms with van der Waals surface area (Å²) in [6.45, 7) is 2.96. The van der Waals surface area contributed by atoms with Crippen LogP contribution in [-0.2, 0) is 11.3 Å². The zero-order chi connectivity index (χ0) is 24.1. The summed E-state index contributed by atoms with van der Waals surface area (Å²) in [7, 11) is 3.21. The van der Waals surface area contributed by atoms with Gasteiger partial charge < -0.3 is 19.7 Å². The standard InChI is InChI=1S/C27H29N3O4/c1-18-8-4-5-10-21(18)27(32)30-16-23(22-14-20(33-2)11-12-25(22)34-3)24(17-30)26(31)29-15-19-9-6-7-13-28-19/h4-14,23-24H,15-17H2,1-3H3,(H,29,31). The number of aromatic nitrogens is 1. The van der Waals surface area contributed by atoms with Crippen molar-refractivity contribution in [1.82, 2.24) is 15.2 Å². The van der Waals surface area contributed by atoms with Crippen LogP contribution in [0, 0.1) is 12.8 Å². The van der Waals surface area contributed by atoms with Gasteiger partial charge in [0, 0.05) is 36.3 Å². The highest BCUT2D eigenvalue weighted by atomic mass is 16.5. The Labute approximate surface area is 199 Å². The molecule has 0 radical (unpaired) electrons. The summed E-state index contributed by atoms with van der Waals surface area (Å²) in [4.78, 5) is 32.8. The quantitative estimate of drug-likeness (QED) is 0.584. The third-order valence-corrected chi connectivity index (χ3v) is 6.33. The molecule has 1 saturated heterocycles. The van der Waals surface area contributed by atoms with Gasteiger partial charge in [-0.1, -0.05) is 24.3 Å². The van der Waals surface area contributed by atoms with Crippen LogP contribution in [0.4, 0.5) is 0 Å². The highest BCUT2D eigenvalue weighted by Gasteiger charge is 2.42. The van der Waals surface area contributed by atoms with Crippen molar-refractivity contribution in [3.63, 3.8) is 0 Å². The van der Waals surface area contributed by atoms with E-state index in [1.54, 1.807) is 25.3 Å². The van der Waals surface area contributed by atoms with Gasteiger partial charge in [0.05, 0.1) is 32.4 Å². The molecule has 1 aromatic heterocycles. The summed E-state index contributed by atoms with van der Waals surface area (Å²) >= 11 is 0. The normalized spacial score (nSPS) is 17.3. The molecule has 3 aromatic rings. The lowest BCUT2D eigenvalue weighted by molar-refractivity contribution is -0.125. The van der Waals surface area contributed by atoms with Crippen LogP contribution in [0.25, 0.3) is 0 Å². The van der Waals surface area contributed by atoms with Crippen molar-refractivity contribution in [1.29, 1.82) is 0 Å². The number of aryl methyl sites for hydroxylation is 1. The average molecular weight is 460 g/mol. The summed E-state index contributed by atoms with van der Waals surface area (Å²) in [5.74, 6) is 0.440. The maximum absolute atomic E-state index is 13.4. The average Bonchev–Trinajstić information content (AvgIpc) is 3.33. The molecule has 0 saturated carbocycles. The smallest absolute Gasteiger partial charge is 0.254 e. The molecule has 2 amide bonds. The molecule has 0 aliphatic carbocycles. The predicted molar refractivity (Wildman–Crippen MR) is 129 cm³/mol. The Morgan fingerprint density at radius 3 is 2.53 bits per heavy atom. The molecule has 1 N–H and O–H groups in total. The fourth-order valence-corrected chi connectivity index (χ4v) is 4.47. The van der Waals surface area contributed by atoms with Crippen LogP contribution >= 0.6 is 0 Å². The van der Waals surface area contributed by atoms with Crippen LogP contribution in [0.5, 0.6) is 11.5 Å². The van der Waals surface area contributed by atoms with Gasteiger partial charge in [0.2, 0.25) is 5.91 Å². The number of hydrogen-bond acceptors (Lipinski definition) is 5. The van der Waals surface area contributed by atoms with Crippen molar-refractivity contribution in [3.05, 3.63) is 89.2 Å². The van der Waals surface area contributed by atoms with Crippen LogP contribution in [0.15, 0.2) is 66.9 Å². The first kappa shape index (κ1) is 23.3. The van der Waals surface area contributed by atoms with Gasteiger partial charge >= 0.3 is 0 Å². The second-order valence-corrected chi connectivity index (χ2v) is 8.38. The summed E-state index contributed by atoms with van der Waals surface area (Å²) < 4.78 is 11.0. The second kappa shape index (κ2) is 10.4. The zero-order valence-electron chi connectivity index (χ0n) is 19.7. The molecule has 1 fully saturated rings. The summed E-state index contributed by atoms with van der Waals surface area (Å²) in [6.07, 6.45) is 1.70. The lowest BCUT2D eigenvalue weighted by Gasteiger charge is -2.21. The number of carbonyl (C=O) groups excluding carboxylic acids is 2. The van der Waals surface area contributed by atoms with E-state index in [9.17, 15) is 9.59 Å². The van der Waals surface area contributed by atoms with Crippen LogP contribution in [-0.4, -0.2) is 49.0 Å². The number of amides is 2. The SMILES string of the molecule is COc1ccc(OC)c(C2CN(C(=O)c3ccccc3C)CC2C(=O)NCc2ccccn2)c1. The predicted octanol–water partition coefficient (Wildman–Crippen LogP) is 3.58. The Balaban J connectivity index is 1.64. The maximum atomic E-state index is 13.4. The van der Waals surface area contributed by atoms with Gasteiger partial charge in [-0.05, 0) is 48.9 Å². The van der Waals surface area contributed by atoms with E-state index < -0.39 is 5.92 Å². The lowest BCUT2D eigenvalue weighted by atomic mass is 9.87. The van der Waals surface area contributed by atoms with E-state index in [4.69, 9.17) is 9.47 Å². The number of ether oxygens (including phenoxy) is 2.